The molecule has 1 nitrogen and oxygen atoms in total. The molecule has 82 valence electrons. The molecule has 1 heteroatoms. The molecule has 1 heterocycles. The van der Waals surface area contributed by atoms with Gasteiger partial charge in [0.1, 0.15) is 0 Å². The maximum absolute atomic E-state index is 2.32. The average molecular weight is 212 g/mol. The van der Waals surface area contributed by atoms with Crippen molar-refractivity contribution in [2.75, 3.05) is 0 Å². The van der Waals surface area contributed by atoms with Gasteiger partial charge in [0.15, 0.2) is 18.4 Å². The molecule has 0 bridgehead atoms. The third-order valence-electron chi connectivity index (χ3n) is 3.10. The minimum absolute atomic E-state index is 1.05. The molecule has 0 spiro atoms. The molecule has 0 amide bonds. The van der Waals surface area contributed by atoms with Crippen LogP contribution < -0.4 is 4.57 Å². The standard InChI is InChI=1S/C15H18N/c1-13-7-6-11-16(14(13)2)12-10-15-8-4-3-5-9-15/h3-9,11H,10,12H2,1-2H3/q+1. The summed E-state index contributed by atoms with van der Waals surface area (Å²) >= 11 is 0. The molecule has 0 unspecified atom stereocenters. The Morgan fingerprint density at radius 2 is 1.69 bits per heavy atom. The van der Waals surface area contributed by atoms with E-state index in [2.05, 4.69) is 67.1 Å². The van der Waals surface area contributed by atoms with Crippen LogP contribution in [0.5, 0.6) is 0 Å². The molecule has 16 heavy (non-hydrogen) atoms. The van der Waals surface area contributed by atoms with E-state index in [0.29, 0.717) is 0 Å². The molecule has 1 aromatic heterocycles. The molecule has 0 aliphatic rings. The molecule has 0 aliphatic carbocycles. The fraction of sp³-hybridized carbons (Fsp3) is 0.267. The van der Waals surface area contributed by atoms with E-state index in [1.807, 2.05) is 0 Å². The van der Waals surface area contributed by atoms with Gasteiger partial charge in [-0.1, -0.05) is 30.3 Å². The third kappa shape index (κ3) is 2.48. The third-order valence-corrected chi connectivity index (χ3v) is 3.10. The highest BCUT2D eigenvalue weighted by Crippen LogP contribution is 2.02. The van der Waals surface area contributed by atoms with Crippen LogP contribution >= 0.6 is 0 Å². The lowest BCUT2D eigenvalue weighted by Crippen LogP contribution is -2.38. The molecule has 1 aromatic carbocycles. The minimum atomic E-state index is 1.05. The SMILES string of the molecule is Cc1ccc[n+](CCc2ccccc2)c1C. The predicted molar refractivity (Wildman–Crippen MR) is 66.3 cm³/mol. The molecular formula is C15H18N+. The lowest BCUT2D eigenvalue weighted by atomic mass is 10.1. The van der Waals surface area contributed by atoms with Crippen LogP contribution in [0.25, 0.3) is 0 Å². The number of hydrogen-bond acceptors (Lipinski definition) is 0. The lowest BCUT2D eigenvalue weighted by molar-refractivity contribution is -0.702. The number of rotatable bonds is 3. The van der Waals surface area contributed by atoms with Crippen LogP contribution in [0.15, 0.2) is 48.7 Å². The van der Waals surface area contributed by atoms with Crippen molar-refractivity contribution in [3.63, 3.8) is 0 Å². The Morgan fingerprint density at radius 3 is 2.44 bits per heavy atom. The summed E-state index contributed by atoms with van der Waals surface area (Å²) in [5, 5.41) is 0. The number of pyridine rings is 1. The number of hydrogen-bond donors (Lipinski definition) is 0. The van der Waals surface area contributed by atoms with Gasteiger partial charge in [0.05, 0.1) is 0 Å². The van der Waals surface area contributed by atoms with Crippen molar-refractivity contribution in [2.45, 2.75) is 26.8 Å². The van der Waals surface area contributed by atoms with Crippen LogP contribution in [0, 0.1) is 13.8 Å². The second-order valence-corrected chi connectivity index (χ2v) is 4.21. The predicted octanol–water partition coefficient (Wildman–Crippen LogP) is 2.83. The van der Waals surface area contributed by atoms with Gasteiger partial charge in [-0.25, -0.2) is 4.57 Å². The second-order valence-electron chi connectivity index (χ2n) is 4.21. The molecule has 0 saturated heterocycles. The van der Waals surface area contributed by atoms with E-state index in [9.17, 15) is 0 Å². The summed E-state index contributed by atoms with van der Waals surface area (Å²) in [6.07, 6.45) is 3.25. The molecule has 2 rings (SSSR count). The lowest BCUT2D eigenvalue weighted by Gasteiger charge is -2.03. The van der Waals surface area contributed by atoms with Gasteiger partial charge in [-0.15, -0.1) is 0 Å². The van der Waals surface area contributed by atoms with E-state index in [1.54, 1.807) is 0 Å². The summed E-state index contributed by atoms with van der Waals surface area (Å²) in [5.74, 6) is 0. The summed E-state index contributed by atoms with van der Waals surface area (Å²) in [6.45, 7) is 5.40. The van der Waals surface area contributed by atoms with Crippen LogP contribution in [-0.4, -0.2) is 0 Å². The molecule has 0 aliphatic heterocycles. The smallest absolute Gasteiger partial charge is 0.181 e. The van der Waals surface area contributed by atoms with Gasteiger partial charge in [0, 0.05) is 25.0 Å². The van der Waals surface area contributed by atoms with Crippen LogP contribution in [0.2, 0.25) is 0 Å². The van der Waals surface area contributed by atoms with E-state index in [4.69, 9.17) is 0 Å². The Kier molecular flexibility index (Phi) is 3.35. The van der Waals surface area contributed by atoms with Gasteiger partial charge in [-0.05, 0) is 18.6 Å². The molecule has 2 aromatic rings. The highest BCUT2D eigenvalue weighted by atomic mass is 14.9. The highest BCUT2D eigenvalue weighted by molar-refractivity contribution is 5.14. The van der Waals surface area contributed by atoms with Crippen LogP contribution in [0.4, 0.5) is 0 Å². The minimum Gasteiger partial charge on any atom is -0.202 e. The monoisotopic (exact) mass is 212 g/mol. The number of aromatic nitrogens is 1. The molecule has 0 N–H and O–H groups in total. The topological polar surface area (TPSA) is 3.88 Å². The van der Waals surface area contributed by atoms with E-state index >= 15 is 0 Å². The van der Waals surface area contributed by atoms with Gasteiger partial charge in [-0.3, -0.25) is 0 Å². The van der Waals surface area contributed by atoms with E-state index in [1.165, 1.54) is 16.8 Å². The van der Waals surface area contributed by atoms with Gasteiger partial charge < -0.3 is 0 Å². The average Bonchev–Trinajstić information content (AvgIpc) is 2.32. The fourth-order valence-corrected chi connectivity index (χ4v) is 1.89. The first kappa shape index (κ1) is 10.9. The number of aryl methyl sites for hydroxylation is 3. The van der Waals surface area contributed by atoms with Crippen molar-refractivity contribution in [3.8, 4) is 0 Å². The van der Waals surface area contributed by atoms with Crippen LogP contribution in [0.3, 0.4) is 0 Å². The van der Waals surface area contributed by atoms with E-state index in [0.717, 1.165) is 13.0 Å². The molecule has 0 saturated carbocycles. The Morgan fingerprint density at radius 1 is 0.938 bits per heavy atom. The van der Waals surface area contributed by atoms with Crippen molar-refractivity contribution < 1.29 is 4.57 Å². The summed E-state index contributed by atoms with van der Waals surface area (Å²) in [7, 11) is 0. The fourth-order valence-electron chi connectivity index (χ4n) is 1.89. The zero-order valence-corrected chi connectivity index (χ0v) is 9.98. The highest BCUT2D eigenvalue weighted by Gasteiger charge is 2.07. The second kappa shape index (κ2) is 4.93. The van der Waals surface area contributed by atoms with Crippen LogP contribution in [-0.2, 0) is 13.0 Å². The Bertz CT molecular complexity index is 460. The quantitative estimate of drug-likeness (QED) is 0.689. The maximum Gasteiger partial charge on any atom is 0.181 e. The van der Waals surface area contributed by atoms with Gasteiger partial charge in [0.25, 0.3) is 0 Å². The van der Waals surface area contributed by atoms with Gasteiger partial charge in [0.2, 0.25) is 0 Å². The first-order valence-corrected chi connectivity index (χ1v) is 5.77. The maximum atomic E-state index is 2.32. The summed E-state index contributed by atoms with van der Waals surface area (Å²) in [5.41, 5.74) is 4.12. The van der Waals surface area contributed by atoms with Crippen molar-refractivity contribution >= 4 is 0 Å². The van der Waals surface area contributed by atoms with E-state index in [-0.39, 0.29) is 0 Å². The Balaban J connectivity index is 2.08. The van der Waals surface area contributed by atoms with Crippen LogP contribution in [0.1, 0.15) is 16.8 Å². The van der Waals surface area contributed by atoms with Crippen molar-refractivity contribution in [1.29, 1.82) is 0 Å². The Hall–Kier alpha value is -1.63. The summed E-state index contributed by atoms with van der Waals surface area (Å²) < 4.78 is 2.32. The normalized spacial score (nSPS) is 10.4. The summed E-state index contributed by atoms with van der Waals surface area (Å²) in [4.78, 5) is 0. The molecule has 0 fully saturated rings. The largest absolute Gasteiger partial charge is 0.202 e. The van der Waals surface area contributed by atoms with Crippen molar-refractivity contribution in [2.24, 2.45) is 0 Å². The van der Waals surface area contributed by atoms with Crippen molar-refractivity contribution in [1.82, 2.24) is 0 Å². The Labute approximate surface area is 97.4 Å². The van der Waals surface area contributed by atoms with Gasteiger partial charge >= 0.3 is 0 Å². The zero-order chi connectivity index (χ0) is 11.4. The number of benzene rings is 1. The molecular weight excluding hydrogens is 194 g/mol. The first-order valence-electron chi connectivity index (χ1n) is 5.77. The van der Waals surface area contributed by atoms with Gasteiger partial charge in [-0.2, -0.15) is 0 Å². The molecule has 0 radical (unpaired) electrons. The number of nitrogens with zero attached hydrogens (tertiary/aromatic N) is 1. The zero-order valence-electron chi connectivity index (χ0n) is 9.98. The van der Waals surface area contributed by atoms with E-state index < -0.39 is 0 Å². The van der Waals surface area contributed by atoms with Crippen molar-refractivity contribution in [3.05, 3.63) is 65.5 Å². The molecule has 0 atom stereocenters. The first-order chi connectivity index (χ1) is 7.77. The summed E-state index contributed by atoms with van der Waals surface area (Å²) in [6, 6.07) is 14.9.